The van der Waals surface area contributed by atoms with Gasteiger partial charge in [0.25, 0.3) is 0 Å². The van der Waals surface area contributed by atoms with Crippen LogP contribution in [0.3, 0.4) is 0 Å². The maximum Gasteiger partial charge on any atom is 0.246 e. The monoisotopic (exact) mass is 476 g/mol. The summed E-state index contributed by atoms with van der Waals surface area (Å²) in [4.78, 5) is 31.0. The number of sulfonamides is 1. The van der Waals surface area contributed by atoms with Gasteiger partial charge in [-0.15, -0.1) is 0 Å². The summed E-state index contributed by atoms with van der Waals surface area (Å²) < 4.78 is 32.1. The second kappa shape index (κ2) is 10.8. The van der Waals surface area contributed by atoms with Crippen molar-refractivity contribution in [3.05, 3.63) is 35.9 Å². The van der Waals surface area contributed by atoms with Gasteiger partial charge in [0.2, 0.25) is 21.8 Å². The van der Waals surface area contributed by atoms with E-state index in [2.05, 4.69) is 4.90 Å². The average Bonchev–Trinajstić information content (AvgIpc) is 3.39. The summed E-state index contributed by atoms with van der Waals surface area (Å²) in [5.74, 6) is 0.108. The van der Waals surface area contributed by atoms with Crippen LogP contribution in [0.4, 0.5) is 0 Å². The summed E-state index contributed by atoms with van der Waals surface area (Å²) in [6.45, 7) is 6.25. The molecule has 1 aromatic rings. The van der Waals surface area contributed by atoms with E-state index in [4.69, 9.17) is 4.74 Å². The van der Waals surface area contributed by atoms with E-state index in [9.17, 15) is 18.0 Å². The molecule has 1 aromatic carbocycles. The molecular weight excluding hydrogens is 444 g/mol. The number of piperazine rings is 1. The molecule has 0 aromatic heterocycles. The number of ether oxygens (including phenoxy) is 1. The molecule has 0 bridgehead atoms. The van der Waals surface area contributed by atoms with Crippen LogP contribution in [0.5, 0.6) is 0 Å². The molecule has 3 saturated heterocycles. The number of hydrogen-bond donors (Lipinski definition) is 0. The standard InChI is InChI=1S/C23H32N4O5S/c28-22(26-13-11-24(12-14-26)19-23(29)25-9-1-2-10-25)8-5-20-3-6-21(7-4-20)33(30,31)27-15-17-32-18-16-27/h3-8H,1-2,9-19H2. The Morgan fingerprint density at radius 2 is 1.48 bits per heavy atom. The molecule has 0 unspecified atom stereocenters. The van der Waals surface area contributed by atoms with E-state index in [1.165, 1.54) is 10.4 Å². The van der Waals surface area contributed by atoms with Crippen LogP contribution in [0.2, 0.25) is 0 Å². The number of carbonyl (C=O) groups is 2. The van der Waals surface area contributed by atoms with Gasteiger partial charge in [-0.1, -0.05) is 12.1 Å². The molecule has 0 atom stereocenters. The van der Waals surface area contributed by atoms with Gasteiger partial charge in [-0.05, 0) is 36.6 Å². The van der Waals surface area contributed by atoms with Crippen molar-refractivity contribution >= 4 is 27.9 Å². The van der Waals surface area contributed by atoms with E-state index in [-0.39, 0.29) is 16.7 Å². The van der Waals surface area contributed by atoms with Crippen LogP contribution in [0.25, 0.3) is 6.08 Å². The Kier molecular flexibility index (Phi) is 7.79. The third kappa shape index (κ3) is 6.00. The first kappa shape index (κ1) is 23.9. The molecular formula is C23H32N4O5S. The highest BCUT2D eigenvalue weighted by Crippen LogP contribution is 2.18. The van der Waals surface area contributed by atoms with E-state index in [0.29, 0.717) is 59.0 Å². The Morgan fingerprint density at radius 3 is 2.12 bits per heavy atom. The fourth-order valence-electron chi connectivity index (χ4n) is 4.34. The van der Waals surface area contributed by atoms with Gasteiger partial charge >= 0.3 is 0 Å². The molecule has 0 aliphatic carbocycles. The number of amides is 2. The van der Waals surface area contributed by atoms with E-state index in [1.807, 2.05) is 4.90 Å². The maximum atomic E-state index is 12.7. The molecule has 0 saturated carbocycles. The Labute approximate surface area is 195 Å². The van der Waals surface area contributed by atoms with Gasteiger partial charge in [-0.3, -0.25) is 14.5 Å². The molecule has 0 spiro atoms. The smallest absolute Gasteiger partial charge is 0.246 e. The third-order valence-electron chi connectivity index (χ3n) is 6.41. The van der Waals surface area contributed by atoms with Gasteiger partial charge in [0.1, 0.15) is 0 Å². The number of likely N-dealkylation sites (tertiary alicyclic amines) is 1. The molecule has 3 fully saturated rings. The highest BCUT2D eigenvalue weighted by atomic mass is 32.2. The lowest BCUT2D eigenvalue weighted by atomic mass is 10.2. The van der Waals surface area contributed by atoms with Crippen molar-refractivity contribution in [1.82, 2.24) is 19.0 Å². The Morgan fingerprint density at radius 1 is 0.848 bits per heavy atom. The summed E-state index contributed by atoms with van der Waals surface area (Å²) in [6, 6.07) is 6.56. The lowest BCUT2D eigenvalue weighted by Crippen LogP contribution is -2.51. The van der Waals surface area contributed by atoms with E-state index in [0.717, 1.165) is 31.5 Å². The van der Waals surface area contributed by atoms with E-state index < -0.39 is 10.0 Å². The minimum Gasteiger partial charge on any atom is -0.379 e. The zero-order chi connectivity index (χ0) is 23.3. The number of carbonyl (C=O) groups excluding carboxylic acids is 2. The van der Waals surface area contributed by atoms with Gasteiger partial charge in [0.05, 0.1) is 24.7 Å². The minimum atomic E-state index is -3.52. The van der Waals surface area contributed by atoms with Gasteiger partial charge in [0.15, 0.2) is 0 Å². The number of hydrogen-bond acceptors (Lipinski definition) is 6. The minimum absolute atomic E-state index is 0.0782. The highest BCUT2D eigenvalue weighted by molar-refractivity contribution is 7.89. The SMILES string of the molecule is O=C(C=Cc1ccc(S(=O)(=O)N2CCOCC2)cc1)N1CCN(CC(=O)N2CCCC2)CC1. The average molecular weight is 477 g/mol. The summed E-state index contributed by atoms with van der Waals surface area (Å²) >= 11 is 0. The van der Waals surface area contributed by atoms with Crippen molar-refractivity contribution in [2.75, 3.05) is 72.1 Å². The first-order valence-electron chi connectivity index (χ1n) is 11.6. The summed E-state index contributed by atoms with van der Waals surface area (Å²) in [5, 5.41) is 0. The van der Waals surface area contributed by atoms with Gasteiger partial charge in [0, 0.05) is 58.4 Å². The quantitative estimate of drug-likeness (QED) is 0.555. The topological polar surface area (TPSA) is 90.5 Å². The Hall–Kier alpha value is -2.27. The molecule has 3 heterocycles. The van der Waals surface area contributed by atoms with Crippen LogP contribution in [-0.4, -0.2) is 111 Å². The summed E-state index contributed by atoms with van der Waals surface area (Å²) in [6.07, 6.45) is 5.41. The van der Waals surface area contributed by atoms with Crippen molar-refractivity contribution in [2.45, 2.75) is 17.7 Å². The zero-order valence-electron chi connectivity index (χ0n) is 18.9. The molecule has 180 valence electrons. The van der Waals surface area contributed by atoms with Crippen LogP contribution >= 0.6 is 0 Å². The molecule has 3 aliphatic heterocycles. The third-order valence-corrected chi connectivity index (χ3v) is 8.32. The number of benzene rings is 1. The maximum absolute atomic E-state index is 12.7. The molecule has 33 heavy (non-hydrogen) atoms. The largest absolute Gasteiger partial charge is 0.379 e. The van der Waals surface area contributed by atoms with Gasteiger partial charge in [-0.2, -0.15) is 4.31 Å². The molecule has 4 rings (SSSR count). The van der Waals surface area contributed by atoms with Crippen LogP contribution in [0.15, 0.2) is 35.2 Å². The first-order chi connectivity index (χ1) is 15.9. The van der Waals surface area contributed by atoms with Crippen molar-refractivity contribution in [3.63, 3.8) is 0 Å². The second-order valence-corrected chi connectivity index (χ2v) is 10.5. The Bertz CT molecular complexity index is 959. The number of nitrogens with zero attached hydrogens (tertiary/aromatic N) is 4. The molecule has 10 heteroatoms. The van der Waals surface area contributed by atoms with Crippen LogP contribution in [0, 0.1) is 0 Å². The lowest BCUT2D eigenvalue weighted by molar-refractivity contribution is -0.132. The van der Waals surface area contributed by atoms with Crippen molar-refractivity contribution in [2.24, 2.45) is 0 Å². The lowest BCUT2D eigenvalue weighted by Gasteiger charge is -2.34. The predicted octanol–water partition coefficient (Wildman–Crippen LogP) is 0.487. The molecule has 3 aliphatic rings. The summed E-state index contributed by atoms with van der Waals surface area (Å²) in [5.41, 5.74) is 0.763. The molecule has 2 amide bonds. The predicted molar refractivity (Wildman–Crippen MR) is 124 cm³/mol. The van der Waals surface area contributed by atoms with Crippen LogP contribution < -0.4 is 0 Å². The van der Waals surface area contributed by atoms with Crippen molar-refractivity contribution in [3.8, 4) is 0 Å². The highest BCUT2D eigenvalue weighted by Gasteiger charge is 2.26. The molecule has 9 nitrogen and oxygen atoms in total. The second-order valence-electron chi connectivity index (χ2n) is 8.61. The zero-order valence-corrected chi connectivity index (χ0v) is 19.7. The Balaban J connectivity index is 1.26. The van der Waals surface area contributed by atoms with Gasteiger partial charge < -0.3 is 14.5 Å². The van der Waals surface area contributed by atoms with Crippen LogP contribution in [-0.2, 0) is 24.3 Å². The van der Waals surface area contributed by atoms with Gasteiger partial charge in [-0.25, -0.2) is 8.42 Å². The van der Waals surface area contributed by atoms with E-state index in [1.54, 1.807) is 35.2 Å². The fourth-order valence-corrected chi connectivity index (χ4v) is 5.75. The first-order valence-corrected chi connectivity index (χ1v) is 13.0. The normalized spacial score (nSPS) is 21.1. The number of rotatable bonds is 6. The van der Waals surface area contributed by atoms with Crippen LogP contribution in [0.1, 0.15) is 18.4 Å². The molecule has 0 radical (unpaired) electrons. The number of morpholine rings is 1. The summed E-state index contributed by atoms with van der Waals surface area (Å²) in [7, 11) is -3.52. The molecule has 0 N–H and O–H groups in total. The fraction of sp³-hybridized carbons (Fsp3) is 0.565. The van der Waals surface area contributed by atoms with Crippen molar-refractivity contribution < 1.29 is 22.7 Å². The van der Waals surface area contributed by atoms with E-state index >= 15 is 0 Å². The van der Waals surface area contributed by atoms with Crippen molar-refractivity contribution in [1.29, 1.82) is 0 Å².